The van der Waals surface area contributed by atoms with Crippen LogP contribution in [0.1, 0.15) is 19.4 Å². The van der Waals surface area contributed by atoms with Gasteiger partial charge in [0.2, 0.25) is 0 Å². The molecule has 259 valence electrons. The van der Waals surface area contributed by atoms with E-state index >= 15 is 0 Å². The Hall–Kier alpha value is -0.288. The maximum atomic E-state index is 9.06. The number of aromatic hydroxyl groups is 3. The molecule has 0 saturated heterocycles. The number of halogens is 4. The van der Waals surface area contributed by atoms with E-state index in [1.54, 1.807) is 42.5 Å². The number of hydrogen-bond donors (Lipinski definition) is 4. The molecule has 0 bridgehead atoms. The monoisotopic (exact) mass is 1170 g/mol. The number of phenols is 3. The zero-order chi connectivity index (χ0) is 36.9. The first-order valence-corrected chi connectivity index (χ1v) is 17.2. The van der Waals surface area contributed by atoms with Gasteiger partial charge in [-0.2, -0.15) is 66.7 Å². The van der Waals surface area contributed by atoms with E-state index in [0.29, 0.717) is 21.3 Å². The van der Waals surface area contributed by atoms with Crippen LogP contribution in [-0.4, -0.2) is 20.4 Å². The van der Waals surface area contributed by atoms with Crippen molar-refractivity contribution in [3.8, 4) is 23.0 Å². The van der Waals surface area contributed by atoms with Crippen molar-refractivity contribution in [2.45, 2.75) is 20.1 Å². The summed E-state index contributed by atoms with van der Waals surface area (Å²) < 4.78 is 22.8. The van der Waals surface area contributed by atoms with E-state index in [1.165, 1.54) is 29.3 Å². The number of hydrogen-bond acceptors (Lipinski definition) is 5. The largest absolute Gasteiger partial charge is 0.533 e. The van der Waals surface area contributed by atoms with Gasteiger partial charge in [-0.15, -0.1) is 34.1 Å². The topological polar surface area (TPSA) is 90.2 Å². The third-order valence-electron chi connectivity index (χ3n) is 5.57. The summed E-state index contributed by atoms with van der Waals surface area (Å²) in [6, 6.07) is 47.7. The van der Waals surface area contributed by atoms with Crippen LogP contribution in [0.2, 0.25) is 0 Å². The summed E-state index contributed by atoms with van der Waals surface area (Å²) >= 11 is 12.9. The van der Waals surface area contributed by atoms with Gasteiger partial charge < -0.3 is 25.2 Å². The summed E-state index contributed by atoms with van der Waals surface area (Å²) in [7, 11) is 0. The average molecular weight is 1170 g/mol. The number of benzene rings is 6. The summed E-state index contributed by atoms with van der Waals surface area (Å²) in [5.41, 5.74) is 2.50. The van der Waals surface area contributed by atoms with Crippen molar-refractivity contribution < 1.29 is 126 Å². The van der Waals surface area contributed by atoms with Crippen LogP contribution in [0.5, 0.6) is 23.0 Å². The molecule has 0 fully saturated rings. The van der Waals surface area contributed by atoms with Gasteiger partial charge in [0.05, 0.1) is 18.2 Å². The number of rotatable bonds is 4. The fraction of sp³-hybridized carbons (Fsp3) is 0.0769. The first-order chi connectivity index (χ1) is 23.8. The first kappa shape index (κ1) is 48.7. The van der Waals surface area contributed by atoms with Crippen LogP contribution < -0.4 is 4.74 Å². The molecule has 4 N–H and O–H groups in total. The Labute approximate surface area is 413 Å². The molecule has 0 aliphatic carbocycles. The van der Waals surface area contributed by atoms with E-state index in [1.807, 2.05) is 54.6 Å². The smallest absolute Gasteiger partial charge is 0.134 e. The summed E-state index contributed by atoms with van der Waals surface area (Å²) in [6.45, 7) is 0.296. The maximum Gasteiger partial charge on any atom is 0.134 e. The second-order valence-electron chi connectivity index (χ2n) is 9.34. The van der Waals surface area contributed by atoms with Crippen LogP contribution in [-0.2, 0) is 111 Å². The molecular weight excluding hydrogens is 1130 g/mol. The van der Waals surface area contributed by atoms with Gasteiger partial charge in [0, 0.05) is 110 Å². The van der Waals surface area contributed by atoms with Crippen LogP contribution in [0.25, 0.3) is 0 Å². The summed E-state index contributed by atoms with van der Waals surface area (Å²) in [4.78, 5) is 0. The van der Waals surface area contributed by atoms with Gasteiger partial charge in [-0.25, -0.2) is 0 Å². The molecule has 0 aromatic heterocycles. The second-order valence-corrected chi connectivity index (χ2v) is 12.8. The van der Waals surface area contributed by atoms with E-state index in [9.17, 15) is 0 Å². The molecule has 0 atom stereocenters. The predicted octanol–water partition coefficient (Wildman–Crippen LogP) is 11.4. The van der Waals surface area contributed by atoms with Crippen molar-refractivity contribution in [3.05, 3.63) is 186 Å². The van der Waals surface area contributed by atoms with Gasteiger partial charge in [0.1, 0.15) is 18.1 Å². The normalized spacial score (nSPS) is 9.76. The Kier molecular flexibility index (Phi) is 30.6. The molecule has 0 heterocycles. The SMILES string of the molecule is Brc1cc[c-]cc1.Cc1ccc(OCc2ccccc2)c(Br)c1.Oc1cc[c-]cc1.Oc1cc[c-]cc1Br.[2H]C([2H])(O)c1ccc(O)c(Br)c1.[Y].[Y].[Y]. The van der Waals surface area contributed by atoms with E-state index in [4.69, 9.17) is 27.9 Å². The van der Waals surface area contributed by atoms with E-state index in [0.717, 1.165) is 14.7 Å². The molecule has 3 radical (unpaired) electrons. The van der Waals surface area contributed by atoms with Crippen LogP contribution in [0, 0.1) is 25.1 Å². The van der Waals surface area contributed by atoms with Gasteiger partial charge in [0.25, 0.3) is 0 Å². The molecule has 12 heteroatoms. The van der Waals surface area contributed by atoms with E-state index in [2.05, 4.69) is 107 Å². The fourth-order valence-electron chi connectivity index (χ4n) is 3.18. The number of aliphatic hydroxyl groups is 1. The van der Waals surface area contributed by atoms with Crippen molar-refractivity contribution in [2.75, 3.05) is 0 Å². The Morgan fingerprint density at radius 1 is 0.608 bits per heavy atom. The van der Waals surface area contributed by atoms with E-state index in [-0.39, 0.29) is 115 Å². The average Bonchev–Trinajstić information content (AvgIpc) is 3.09. The fourth-order valence-corrected chi connectivity index (χ4v) is 4.70. The van der Waals surface area contributed by atoms with Crippen molar-refractivity contribution in [1.29, 1.82) is 0 Å². The molecule has 0 unspecified atom stereocenters. The molecule has 0 amide bonds. The van der Waals surface area contributed by atoms with Crippen molar-refractivity contribution in [3.63, 3.8) is 0 Å². The van der Waals surface area contributed by atoms with Gasteiger partial charge in [-0.05, 0) is 79.7 Å². The van der Waals surface area contributed by atoms with Crippen LogP contribution >= 0.6 is 63.7 Å². The molecule has 0 aliphatic heterocycles. The van der Waals surface area contributed by atoms with Crippen molar-refractivity contribution in [2.24, 2.45) is 0 Å². The molecule has 0 aliphatic rings. The van der Waals surface area contributed by atoms with Crippen LogP contribution in [0.15, 0.2) is 151 Å². The zero-order valence-electron chi connectivity index (χ0n) is 29.3. The third-order valence-corrected chi connectivity index (χ3v) is 7.99. The van der Waals surface area contributed by atoms with Crippen molar-refractivity contribution in [1.82, 2.24) is 0 Å². The minimum Gasteiger partial charge on any atom is -0.533 e. The molecule has 6 aromatic rings. The van der Waals surface area contributed by atoms with Crippen molar-refractivity contribution >= 4 is 63.7 Å². The summed E-state index contributed by atoms with van der Waals surface area (Å²) in [6.07, 6.45) is 0. The van der Waals surface area contributed by atoms with E-state index < -0.39 is 6.56 Å². The Bertz CT molecular complexity index is 1780. The summed E-state index contributed by atoms with van der Waals surface area (Å²) in [5.74, 6) is 1.44. The summed E-state index contributed by atoms with van der Waals surface area (Å²) in [5, 5.41) is 35.5. The maximum absolute atomic E-state index is 9.06. The number of aryl methyl sites for hydroxylation is 1. The quantitative estimate of drug-likeness (QED) is 0.132. The Morgan fingerprint density at radius 2 is 1.18 bits per heavy atom. The minimum atomic E-state index is -2.36. The molecule has 6 aromatic carbocycles. The van der Waals surface area contributed by atoms with Gasteiger partial charge >= 0.3 is 0 Å². The molecule has 5 nitrogen and oxygen atoms in total. The predicted molar refractivity (Wildman–Crippen MR) is 206 cm³/mol. The number of ether oxygens (including phenoxy) is 1. The molecule has 0 saturated carbocycles. The molecule has 6 rings (SSSR count). The zero-order valence-corrected chi connectivity index (χ0v) is 42.2. The Morgan fingerprint density at radius 3 is 1.61 bits per heavy atom. The second kappa shape index (κ2) is 32.0. The standard InChI is InChI=1S/C14H13BrO.C7H7BrO2.C6H4BrO.C6H4Br.C6H5O.3Y/c1-11-7-8-14(13(15)9-11)16-10-12-5-3-2-4-6-12;8-6-3-5(4-9)1-2-7(6)10;7-5-3-1-2-4-6(5)8;2*7-6-4-2-1-3-5-6;;;/h2-9H,10H2,1H3;1-3,9-10H,4H2;2-4,8H;2-5H;2-5,7H;;;/q;;3*-1;;;/i;4D2;;;;;;. The van der Waals surface area contributed by atoms with Gasteiger partial charge in [-0.1, -0.05) is 67.3 Å². The van der Waals surface area contributed by atoms with Crippen LogP contribution in [0.3, 0.4) is 0 Å². The van der Waals surface area contributed by atoms with Gasteiger partial charge in [0.15, 0.2) is 0 Å². The molecule has 0 spiro atoms. The molecular formula is C39H33Br4O5Y3-3. The Balaban J connectivity index is 0. The van der Waals surface area contributed by atoms with Gasteiger partial charge in [-0.3, -0.25) is 0 Å². The number of phenolic OH excluding ortho intramolecular Hbond substituents is 3. The third kappa shape index (κ3) is 24.7. The first-order valence-electron chi connectivity index (χ1n) is 15.0. The van der Waals surface area contributed by atoms with Crippen LogP contribution in [0.4, 0.5) is 0 Å². The molecule has 51 heavy (non-hydrogen) atoms. The minimum absolute atomic E-state index is 0.